The molecule has 0 bridgehead atoms. The number of rotatable bonds is 6. The molecule has 0 aliphatic carbocycles. The van der Waals surface area contributed by atoms with E-state index in [2.05, 4.69) is 147 Å². The normalized spacial score (nSPS) is 13.1. The number of para-hydroxylation sites is 4. The minimum absolute atomic E-state index is 0.0634. The summed E-state index contributed by atoms with van der Waals surface area (Å²) in [6.45, 7) is 6.63. The van der Waals surface area contributed by atoms with Gasteiger partial charge in [-0.05, 0) is 128 Å². The van der Waals surface area contributed by atoms with Crippen LogP contribution in [0, 0.1) is 6.33 Å². The second-order valence-corrected chi connectivity index (χ2v) is 20.5. The fraction of sp³-hybridized carbons (Fsp3) is 0.0571. The molecule has 0 atom stereocenters. The maximum Gasteiger partial charge on any atom is 0.269 e. The van der Waals surface area contributed by atoms with Gasteiger partial charge in [0, 0.05) is 39.4 Å². The molecule has 0 amide bonds. The molecule has 0 unspecified atom stereocenters. The topological polar surface area (TPSA) is 49.0 Å². The first kappa shape index (κ1) is 38.8. The van der Waals surface area contributed by atoms with Crippen molar-refractivity contribution in [1.29, 1.82) is 0 Å². The molecule has 0 saturated heterocycles. The third kappa shape index (κ3) is 6.88. The fourth-order valence-corrected chi connectivity index (χ4v) is 11.5. The van der Waals surface area contributed by atoms with E-state index in [0.717, 1.165) is 105 Å². The lowest BCUT2D eigenvalue weighted by Gasteiger charge is -2.21. The van der Waals surface area contributed by atoms with Gasteiger partial charge in [-0.3, -0.25) is 13.7 Å². The summed E-state index contributed by atoms with van der Waals surface area (Å²) in [5.41, 5.74) is 15.1. The van der Waals surface area contributed by atoms with Crippen LogP contribution in [-0.2, 0) is 5.41 Å². The molecule has 4 aromatic heterocycles. The molecule has 0 N–H and O–H groups in total. The molecular weight excluding hydrogens is 929 g/mol. The number of nitrogens with zero attached hydrogens (tertiary/aromatic N) is 4. The molecule has 6 nitrogen and oxygen atoms in total. The molecule has 14 aromatic rings. The Kier molecular flexibility index (Phi) is 8.62. The van der Waals surface area contributed by atoms with Crippen molar-refractivity contribution >= 4 is 54.8 Å². The Bertz CT molecular complexity index is 4960. The smallest absolute Gasteiger partial charge is 0.269 e. The Hall–Kier alpha value is -9.78. The van der Waals surface area contributed by atoms with Crippen LogP contribution in [0.4, 0.5) is 0 Å². The minimum atomic E-state index is -0.470. The molecule has 76 heavy (non-hydrogen) atoms. The Morgan fingerprint density at radius 1 is 0.513 bits per heavy atom. The highest BCUT2D eigenvalue weighted by Crippen LogP contribution is 2.48. The lowest BCUT2D eigenvalue weighted by molar-refractivity contribution is -0.570. The first-order valence-corrected chi connectivity index (χ1v) is 25.5. The summed E-state index contributed by atoms with van der Waals surface area (Å²) in [6, 6.07) is 66.0. The Morgan fingerprint density at radius 2 is 1.14 bits per heavy atom. The average Bonchev–Trinajstić information content (AvgIpc) is 4.37. The van der Waals surface area contributed by atoms with Gasteiger partial charge in [-0.1, -0.05) is 178 Å². The lowest BCUT2D eigenvalue weighted by Crippen LogP contribution is -2.32. The van der Waals surface area contributed by atoms with Crippen molar-refractivity contribution in [2.75, 3.05) is 0 Å². The van der Waals surface area contributed by atoms with Gasteiger partial charge in [0.1, 0.15) is 28.5 Å². The molecule has 5 heterocycles. The third-order valence-electron chi connectivity index (χ3n) is 15.0. The maximum atomic E-state index is 9.63. The average molecular weight is 982 g/mol. The number of hydrogen-bond acceptors (Lipinski definition) is 3. The zero-order valence-electron chi connectivity index (χ0n) is 46.7. The van der Waals surface area contributed by atoms with Crippen LogP contribution >= 0.6 is 0 Å². The second-order valence-electron chi connectivity index (χ2n) is 20.5. The van der Waals surface area contributed by atoms with Crippen LogP contribution in [0.15, 0.2) is 241 Å². The van der Waals surface area contributed by atoms with Crippen molar-refractivity contribution < 1.29 is 20.6 Å². The number of pyridine rings is 1. The molecular formula is C70H48N4O2. The predicted octanol–water partition coefficient (Wildman–Crippen LogP) is 17.8. The summed E-state index contributed by atoms with van der Waals surface area (Å²) in [5.74, 6) is 2.08. The summed E-state index contributed by atoms with van der Waals surface area (Å²) >= 11 is 0. The standard InChI is InChI=1S/C70H48N4O2/c1-70(2,3)46-36-37-71-66(40-46)74-62-31-13-11-26-55(62)56-35-34-49(42-64(56)74)75-48-21-15-20-47(41-48)72-43-73-67-60(44-18-5-4-6-19-44)38-45(50-28-16-30-59-57-27-12-14-33-65(57)76-69(50)59)39-61(67)54-25-10-8-23-52(54)51-22-7-9-24-53(51)58-29-17-32-63(72)68(58)73/h4-42H,1-3H3/i4D,5D,6D,18D,19D. The van der Waals surface area contributed by atoms with E-state index >= 15 is 0 Å². The largest absolute Gasteiger partial charge is 0.458 e. The van der Waals surface area contributed by atoms with Gasteiger partial charge < -0.3 is 9.15 Å². The highest BCUT2D eigenvalue weighted by atomic mass is 16.5. The highest BCUT2D eigenvalue weighted by Gasteiger charge is 2.28. The molecule has 0 fully saturated rings. The van der Waals surface area contributed by atoms with Gasteiger partial charge >= 0.3 is 0 Å². The summed E-state index contributed by atoms with van der Waals surface area (Å²) < 4.78 is 65.9. The van der Waals surface area contributed by atoms with Crippen LogP contribution in [0.3, 0.4) is 0 Å². The van der Waals surface area contributed by atoms with Crippen molar-refractivity contribution in [1.82, 2.24) is 14.1 Å². The van der Waals surface area contributed by atoms with Gasteiger partial charge in [-0.25, -0.2) is 4.98 Å². The number of ether oxygens (including phenoxy) is 1. The number of furan rings is 1. The van der Waals surface area contributed by atoms with Crippen molar-refractivity contribution in [2.45, 2.75) is 26.2 Å². The van der Waals surface area contributed by atoms with Crippen LogP contribution in [-0.4, -0.2) is 14.1 Å². The first-order valence-electron chi connectivity index (χ1n) is 28.0. The fourth-order valence-electron chi connectivity index (χ4n) is 11.5. The number of hydrogen-bond donors (Lipinski definition) is 0. The summed E-state index contributed by atoms with van der Waals surface area (Å²) in [5, 5.41) is 4.12. The summed E-state index contributed by atoms with van der Waals surface area (Å²) in [4.78, 5) is 4.90. The molecule has 15 rings (SSSR count). The van der Waals surface area contributed by atoms with Crippen molar-refractivity contribution in [3.05, 3.63) is 248 Å². The highest BCUT2D eigenvalue weighted by molar-refractivity contribution is 6.11. The Labute approximate surface area is 446 Å². The quantitative estimate of drug-likeness (QED) is 0.123. The van der Waals surface area contributed by atoms with Crippen LogP contribution in [0.5, 0.6) is 11.5 Å². The molecule has 10 aromatic carbocycles. The number of fused-ring (bicyclic) bond motifs is 13. The predicted molar refractivity (Wildman–Crippen MR) is 309 cm³/mol. The van der Waals surface area contributed by atoms with Crippen LogP contribution in [0.1, 0.15) is 33.2 Å². The monoisotopic (exact) mass is 981 g/mol. The zero-order chi connectivity index (χ0) is 55.0. The van der Waals surface area contributed by atoms with Crippen LogP contribution < -0.4 is 9.30 Å². The molecule has 6 heteroatoms. The van der Waals surface area contributed by atoms with Gasteiger partial charge in [0.05, 0.1) is 40.3 Å². The van der Waals surface area contributed by atoms with E-state index in [1.807, 2.05) is 100 Å². The molecule has 1 aliphatic heterocycles. The summed E-state index contributed by atoms with van der Waals surface area (Å²) in [6.07, 6.45) is 5.71. The lowest BCUT2D eigenvalue weighted by atomic mass is 9.86. The molecule has 0 saturated carbocycles. The van der Waals surface area contributed by atoms with E-state index in [9.17, 15) is 2.74 Å². The van der Waals surface area contributed by atoms with E-state index in [4.69, 9.17) is 18.3 Å². The van der Waals surface area contributed by atoms with E-state index < -0.39 is 18.1 Å². The van der Waals surface area contributed by atoms with Gasteiger partial charge in [0.2, 0.25) is 0 Å². The van der Waals surface area contributed by atoms with Crippen LogP contribution in [0.25, 0.3) is 128 Å². The number of benzene rings is 10. The van der Waals surface area contributed by atoms with Gasteiger partial charge in [0.15, 0.2) is 0 Å². The first-order chi connectivity index (χ1) is 39.4. The van der Waals surface area contributed by atoms with Crippen molar-refractivity contribution in [3.63, 3.8) is 0 Å². The van der Waals surface area contributed by atoms with E-state index in [-0.39, 0.29) is 23.1 Å². The number of imidazole rings is 1. The van der Waals surface area contributed by atoms with Crippen LogP contribution in [0.2, 0.25) is 0 Å². The minimum Gasteiger partial charge on any atom is -0.458 e. The zero-order valence-corrected chi connectivity index (χ0v) is 41.7. The van der Waals surface area contributed by atoms with Crippen molar-refractivity contribution in [2.24, 2.45) is 0 Å². The third-order valence-corrected chi connectivity index (χ3v) is 15.0. The van der Waals surface area contributed by atoms with Gasteiger partial charge in [0.25, 0.3) is 6.33 Å². The summed E-state index contributed by atoms with van der Waals surface area (Å²) in [7, 11) is 0. The molecule has 0 radical (unpaired) electrons. The Morgan fingerprint density at radius 3 is 1.96 bits per heavy atom. The van der Waals surface area contributed by atoms with E-state index in [1.165, 1.54) is 5.56 Å². The Balaban J connectivity index is 0.976. The van der Waals surface area contributed by atoms with Gasteiger partial charge in [-0.15, -0.1) is 0 Å². The number of aromatic nitrogens is 4. The molecule has 1 aliphatic rings. The molecule has 0 spiro atoms. The van der Waals surface area contributed by atoms with E-state index in [0.29, 0.717) is 28.3 Å². The SMILES string of the molecule is [2H]c1c([2H])c([2H])c(-c2cc(-c3cccc4c3oc3ccccc34)cc3c2-[n+]2[c-]n(-c4cccc(Oc5ccc6c7ccccc7n(-c7cc(C(C)(C)C)ccn7)c6c5)c4)c4cccc(c42)-c2ccccc2-c2ccccc2-3)c([2H])c1[2H]. The van der Waals surface area contributed by atoms with Crippen molar-refractivity contribution in [3.8, 4) is 84.3 Å². The second kappa shape index (κ2) is 16.9. The van der Waals surface area contributed by atoms with E-state index in [1.54, 1.807) is 0 Å². The molecule has 360 valence electrons. The van der Waals surface area contributed by atoms with Gasteiger partial charge in [-0.2, -0.15) is 0 Å². The maximum absolute atomic E-state index is 9.63.